The third-order valence-corrected chi connectivity index (χ3v) is 13.8. The molecular formula is C35H54N2O6Si. The molecule has 8 nitrogen and oxygen atoms in total. The molecule has 244 valence electrons. The van der Waals surface area contributed by atoms with Gasteiger partial charge in [0.05, 0.1) is 0 Å². The smallest absolute Gasteiger partial charge is 0.408 e. The summed E-state index contributed by atoms with van der Waals surface area (Å²) in [5.74, 6) is -0.550. The molecular weight excluding hydrogens is 572 g/mol. The van der Waals surface area contributed by atoms with Crippen molar-refractivity contribution in [1.82, 2.24) is 10.6 Å². The number of rotatable bonds is 14. The summed E-state index contributed by atoms with van der Waals surface area (Å²) in [6.07, 6.45) is -0.518. The van der Waals surface area contributed by atoms with Gasteiger partial charge in [-0.1, -0.05) is 97.9 Å². The molecule has 2 atom stereocenters. The molecule has 0 aliphatic carbocycles. The summed E-state index contributed by atoms with van der Waals surface area (Å²) in [6, 6.07) is 15.1. The van der Waals surface area contributed by atoms with Gasteiger partial charge in [-0.05, 0) is 66.6 Å². The number of amides is 2. The lowest BCUT2D eigenvalue weighted by atomic mass is 10.0. The molecule has 0 aliphatic heterocycles. The highest BCUT2D eigenvalue weighted by Crippen LogP contribution is 2.42. The molecule has 0 bridgehead atoms. The first-order chi connectivity index (χ1) is 20.5. The van der Waals surface area contributed by atoms with Crippen LogP contribution in [0.5, 0.6) is 5.75 Å². The molecule has 0 unspecified atom stereocenters. The fourth-order valence-electron chi connectivity index (χ4n) is 5.78. The number of alkyl carbamates (subject to hydrolysis) is 1. The van der Waals surface area contributed by atoms with E-state index in [-0.39, 0.29) is 18.9 Å². The molecule has 0 radical (unpaired) electrons. The van der Waals surface area contributed by atoms with Gasteiger partial charge in [-0.15, -0.1) is 0 Å². The minimum absolute atomic E-state index is 0.0760. The van der Waals surface area contributed by atoms with Crippen molar-refractivity contribution < 1.29 is 28.3 Å². The third kappa shape index (κ3) is 10.7. The molecule has 2 rings (SSSR count). The average Bonchev–Trinajstić information content (AvgIpc) is 2.92. The predicted molar refractivity (Wildman–Crippen MR) is 178 cm³/mol. The molecule has 0 fully saturated rings. The number of hydrogen-bond acceptors (Lipinski definition) is 6. The van der Waals surface area contributed by atoms with Gasteiger partial charge in [-0.3, -0.25) is 4.79 Å². The number of carbonyl (C=O) groups excluding carboxylic acids is 3. The van der Waals surface area contributed by atoms with E-state index < -0.39 is 44.0 Å². The van der Waals surface area contributed by atoms with Gasteiger partial charge in [0, 0.05) is 6.42 Å². The second kappa shape index (κ2) is 16.1. The van der Waals surface area contributed by atoms with Crippen LogP contribution in [0.25, 0.3) is 0 Å². The monoisotopic (exact) mass is 626 g/mol. The van der Waals surface area contributed by atoms with Gasteiger partial charge >= 0.3 is 12.1 Å². The van der Waals surface area contributed by atoms with E-state index in [1.165, 1.54) is 0 Å². The van der Waals surface area contributed by atoms with E-state index in [4.69, 9.17) is 13.9 Å². The Morgan fingerprint density at radius 2 is 1.34 bits per heavy atom. The fourth-order valence-corrected chi connectivity index (χ4v) is 11.0. The maximum absolute atomic E-state index is 13.5. The standard InChI is InChI=1S/C35H54N2O6Si/c1-23(2)31(37-34(40)41-22-27-16-13-12-14-17-27)32(38)36-30(33(39)42-35(9,10)11)21-28-18-15-19-29(20-28)43-44(24(3)4,25(5)6)26(7)8/h12-20,23-26,30-31H,21-22H2,1-11H3,(H,36,38)(H,37,40)/t30-,31-/m0/s1. The van der Waals surface area contributed by atoms with Crippen LogP contribution in [0.4, 0.5) is 4.79 Å². The molecule has 0 spiro atoms. The van der Waals surface area contributed by atoms with E-state index in [9.17, 15) is 14.4 Å². The molecule has 0 aromatic heterocycles. The Morgan fingerprint density at radius 3 is 1.86 bits per heavy atom. The summed E-state index contributed by atoms with van der Waals surface area (Å²) >= 11 is 0. The van der Waals surface area contributed by atoms with Crippen molar-refractivity contribution in [3.8, 4) is 5.75 Å². The number of hydrogen-bond donors (Lipinski definition) is 2. The second-order valence-corrected chi connectivity index (χ2v) is 19.2. The third-order valence-electron chi connectivity index (χ3n) is 7.78. The molecule has 2 aromatic carbocycles. The highest BCUT2D eigenvalue weighted by atomic mass is 28.4. The van der Waals surface area contributed by atoms with Gasteiger partial charge in [0.15, 0.2) is 0 Å². The van der Waals surface area contributed by atoms with Crippen molar-refractivity contribution in [3.05, 3.63) is 65.7 Å². The van der Waals surface area contributed by atoms with E-state index in [0.717, 1.165) is 16.9 Å². The number of esters is 1. The summed E-state index contributed by atoms with van der Waals surface area (Å²) in [5, 5.41) is 5.52. The van der Waals surface area contributed by atoms with Crippen molar-refractivity contribution in [3.63, 3.8) is 0 Å². The van der Waals surface area contributed by atoms with Gasteiger partial charge in [0.25, 0.3) is 8.32 Å². The average molecular weight is 627 g/mol. The molecule has 44 heavy (non-hydrogen) atoms. The largest absolute Gasteiger partial charge is 0.543 e. The van der Waals surface area contributed by atoms with Crippen molar-refractivity contribution in [2.75, 3.05) is 0 Å². The summed E-state index contributed by atoms with van der Waals surface area (Å²) in [7, 11) is -2.20. The Balaban J connectivity index is 2.28. The molecule has 2 amide bonds. The highest BCUT2D eigenvalue weighted by Gasteiger charge is 2.47. The lowest BCUT2D eigenvalue weighted by molar-refractivity contribution is -0.158. The van der Waals surface area contributed by atoms with Gasteiger partial charge in [-0.25, -0.2) is 9.59 Å². The Morgan fingerprint density at radius 1 is 0.773 bits per heavy atom. The summed E-state index contributed by atoms with van der Waals surface area (Å²) < 4.78 is 17.9. The van der Waals surface area contributed by atoms with Gasteiger partial charge in [0.1, 0.15) is 30.0 Å². The van der Waals surface area contributed by atoms with Crippen molar-refractivity contribution >= 4 is 26.3 Å². The summed E-state index contributed by atoms with van der Waals surface area (Å²) in [5.41, 5.74) is 2.12. The molecule has 0 saturated heterocycles. The molecule has 2 aromatic rings. The van der Waals surface area contributed by atoms with Gasteiger partial charge < -0.3 is 24.5 Å². The SMILES string of the molecule is CC(C)[C@H](NC(=O)OCc1ccccc1)C(=O)N[C@@H](Cc1cccc(O[Si](C(C)C)(C(C)C)C(C)C)c1)C(=O)OC(C)(C)C. The minimum Gasteiger partial charge on any atom is -0.543 e. The van der Waals surface area contributed by atoms with E-state index in [0.29, 0.717) is 16.6 Å². The Labute approximate surface area is 265 Å². The van der Waals surface area contributed by atoms with Crippen LogP contribution < -0.4 is 15.1 Å². The number of ether oxygens (including phenoxy) is 2. The second-order valence-electron chi connectivity index (χ2n) is 13.8. The topological polar surface area (TPSA) is 103 Å². The molecule has 0 heterocycles. The van der Waals surface area contributed by atoms with Crippen molar-refractivity contribution in [2.24, 2.45) is 5.92 Å². The van der Waals surface area contributed by atoms with E-state index >= 15 is 0 Å². The van der Waals surface area contributed by atoms with Crippen molar-refractivity contribution in [1.29, 1.82) is 0 Å². The van der Waals surface area contributed by atoms with Crippen LogP contribution in [0, 0.1) is 5.92 Å². The maximum atomic E-state index is 13.5. The van der Waals surface area contributed by atoms with E-state index in [1.54, 1.807) is 20.8 Å². The number of carbonyl (C=O) groups is 3. The summed E-state index contributed by atoms with van der Waals surface area (Å²) in [4.78, 5) is 39.5. The van der Waals surface area contributed by atoms with Crippen LogP contribution in [-0.2, 0) is 32.1 Å². The zero-order valence-electron chi connectivity index (χ0n) is 28.5. The first-order valence-electron chi connectivity index (χ1n) is 15.7. The van der Waals surface area contributed by atoms with Crippen LogP contribution in [0.3, 0.4) is 0 Å². The van der Waals surface area contributed by atoms with Crippen LogP contribution in [0.1, 0.15) is 87.3 Å². The minimum atomic E-state index is -2.20. The van der Waals surface area contributed by atoms with Crippen molar-refractivity contribution in [2.45, 2.75) is 123 Å². The molecule has 0 aliphatic rings. The fraction of sp³-hybridized carbons (Fsp3) is 0.571. The quantitative estimate of drug-likeness (QED) is 0.166. The van der Waals surface area contributed by atoms with Gasteiger partial charge in [-0.2, -0.15) is 0 Å². The van der Waals surface area contributed by atoms with Crippen LogP contribution in [0.2, 0.25) is 16.6 Å². The number of benzene rings is 2. The van der Waals surface area contributed by atoms with Gasteiger partial charge in [0.2, 0.25) is 5.91 Å². The van der Waals surface area contributed by atoms with E-state index in [1.807, 2.05) is 68.4 Å². The van der Waals surface area contributed by atoms with Crippen LogP contribution in [-0.4, -0.2) is 44.0 Å². The Kier molecular flexibility index (Phi) is 13.5. The lowest BCUT2D eigenvalue weighted by Crippen LogP contribution is -2.55. The molecule has 0 saturated carbocycles. The Hall–Kier alpha value is -3.33. The zero-order chi connectivity index (χ0) is 33.2. The van der Waals surface area contributed by atoms with Crippen LogP contribution >= 0.6 is 0 Å². The first-order valence-corrected chi connectivity index (χ1v) is 17.9. The summed E-state index contributed by atoms with van der Waals surface area (Å²) in [6.45, 7) is 22.5. The zero-order valence-corrected chi connectivity index (χ0v) is 29.5. The first kappa shape index (κ1) is 36.9. The molecule has 9 heteroatoms. The predicted octanol–water partition coefficient (Wildman–Crippen LogP) is 7.56. The number of nitrogens with one attached hydrogen (secondary N) is 2. The maximum Gasteiger partial charge on any atom is 0.408 e. The van der Waals surface area contributed by atoms with Crippen LogP contribution in [0.15, 0.2) is 54.6 Å². The highest BCUT2D eigenvalue weighted by molar-refractivity contribution is 6.78. The molecule has 2 N–H and O–H groups in total. The normalized spacial score (nSPS) is 13.5. The lowest BCUT2D eigenvalue weighted by Gasteiger charge is -2.42. The van der Waals surface area contributed by atoms with E-state index in [2.05, 4.69) is 52.2 Å². The Bertz CT molecular complexity index is 1200.